The van der Waals surface area contributed by atoms with Crippen LogP contribution in [-0.4, -0.2) is 11.7 Å². The van der Waals surface area contributed by atoms with Crippen molar-refractivity contribution in [1.82, 2.24) is 5.32 Å². The zero-order valence-electron chi connectivity index (χ0n) is 32.3. The molecule has 0 aliphatic carbocycles. The molecule has 12 rings (SSSR count). The molecule has 1 unspecified atom stereocenters. The third-order valence-electron chi connectivity index (χ3n) is 11.8. The second kappa shape index (κ2) is 13.8. The van der Waals surface area contributed by atoms with Crippen LogP contribution in [0.15, 0.2) is 219 Å². The fourth-order valence-corrected chi connectivity index (χ4v) is 8.78. The minimum Gasteiger partial charge on any atom is -0.456 e. The molecule has 0 bridgehead atoms. The van der Waals surface area contributed by atoms with Gasteiger partial charge in [-0.1, -0.05) is 164 Å². The van der Waals surface area contributed by atoms with E-state index in [2.05, 4.69) is 175 Å². The number of fused-ring (bicyclic) bond motifs is 7. The average Bonchev–Trinajstić information content (AvgIpc) is 3.90. The quantitative estimate of drug-likeness (QED) is 0.183. The van der Waals surface area contributed by atoms with Crippen molar-refractivity contribution in [2.75, 3.05) is 0 Å². The third kappa shape index (κ3) is 5.78. The Labute approximate surface area is 345 Å². The number of hydrogen-bond donors (Lipinski definition) is 1. The summed E-state index contributed by atoms with van der Waals surface area (Å²) in [5, 5.41) is 10.3. The van der Waals surface area contributed by atoms with Crippen LogP contribution in [-0.2, 0) is 0 Å². The molecule has 5 nitrogen and oxygen atoms in total. The predicted molar refractivity (Wildman–Crippen MR) is 247 cm³/mol. The summed E-state index contributed by atoms with van der Waals surface area (Å²) in [6, 6.07) is 70.0. The Morgan fingerprint density at radius 2 is 0.967 bits per heavy atom. The number of rotatable bonds is 6. The smallest absolute Gasteiger partial charge is 0.159 e. The van der Waals surface area contributed by atoms with E-state index in [0.717, 1.165) is 88.5 Å². The van der Waals surface area contributed by atoms with Gasteiger partial charge in [-0.15, -0.1) is 0 Å². The molecular weight excluding hydrogens is 735 g/mol. The Balaban J connectivity index is 0.967. The third-order valence-corrected chi connectivity index (χ3v) is 11.8. The minimum absolute atomic E-state index is 0.468. The molecule has 1 atom stereocenters. The number of hydrogen-bond acceptors (Lipinski definition) is 5. The first-order valence-electron chi connectivity index (χ1n) is 20.2. The van der Waals surface area contributed by atoms with E-state index in [1.54, 1.807) is 0 Å². The number of furan rings is 2. The maximum atomic E-state index is 6.62. The van der Waals surface area contributed by atoms with Gasteiger partial charge in [-0.25, -0.2) is 9.98 Å². The van der Waals surface area contributed by atoms with Gasteiger partial charge < -0.3 is 14.2 Å². The summed E-state index contributed by atoms with van der Waals surface area (Å²) in [5.41, 5.74) is 13.1. The summed E-state index contributed by atoms with van der Waals surface area (Å²) >= 11 is 0. The van der Waals surface area contributed by atoms with Gasteiger partial charge in [-0.2, -0.15) is 0 Å². The van der Waals surface area contributed by atoms with Gasteiger partial charge in [0.05, 0.1) is 0 Å². The van der Waals surface area contributed by atoms with E-state index in [-0.39, 0.29) is 0 Å². The second-order valence-electron chi connectivity index (χ2n) is 15.4. The van der Waals surface area contributed by atoms with Gasteiger partial charge in [-0.05, 0) is 80.6 Å². The van der Waals surface area contributed by atoms with E-state index in [0.29, 0.717) is 5.84 Å². The van der Waals surface area contributed by atoms with Gasteiger partial charge in [0.25, 0.3) is 0 Å². The topological polar surface area (TPSA) is 63.0 Å². The van der Waals surface area contributed by atoms with E-state index in [9.17, 15) is 0 Å². The molecule has 60 heavy (non-hydrogen) atoms. The van der Waals surface area contributed by atoms with Crippen LogP contribution in [0.25, 0.3) is 88.0 Å². The Hall–Kier alpha value is -8.02. The molecule has 0 amide bonds. The Morgan fingerprint density at radius 3 is 1.77 bits per heavy atom. The highest BCUT2D eigenvalue weighted by atomic mass is 16.3. The van der Waals surface area contributed by atoms with Crippen molar-refractivity contribution in [3.05, 3.63) is 217 Å². The monoisotopic (exact) mass is 769 g/mol. The number of amidine groups is 2. The summed E-state index contributed by atoms with van der Waals surface area (Å²) in [5.74, 6) is 1.37. The molecule has 2 aromatic heterocycles. The number of benzene rings is 9. The van der Waals surface area contributed by atoms with E-state index >= 15 is 0 Å². The molecule has 1 N–H and O–H groups in total. The molecule has 0 spiro atoms. The van der Waals surface area contributed by atoms with E-state index < -0.39 is 6.17 Å². The fourth-order valence-electron chi connectivity index (χ4n) is 8.78. The molecule has 9 aromatic carbocycles. The van der Waals surface area contributed by atoms with Gasteiger partial charge >= 0.3 is 0 Å². The highest BCUT2D eigenvalue weighted by molar-refractivity contribution is 6.17. The molecular formula is C55H35N3O2. The lowest BCUT2D eigenvalue weighted by Crippen LogP contribution is -2.33. The van der Waals surface area contributed by atoms with E-state index in [4.69, 9.17) is 18.8 Å². The van der Waals surface area contributed by atoms with Crippen LogP contribution in [0.1, 0.15) is 22.9 Å². The lowest BCUT2D eigenvalue weighted by Gasteiger charge is -2.24. The largest absolute Gasteiger partial charge is 0.456 e. The van der Waals surface area contributed by atoms with Crippen molar-refractivity contribution in [2.45, 2.75) is 6.17 Å². The molecule has 0 fully saturated rings. The maximum absolute atomic E-state index is 6.62. The number of aliphatic imine (C=N–C) groups is 2. The zero-order chi connectivity index (χ0) is 39.6. The number of nitrogens with zero attached hydrogens (tertiary/aromatic N) is 2. The first-order chi connectivity index (χ1) is 29.7. The first kappa shape index (κ1) is 34.1. The van der Waals surface area contributed by atoms with Crippen LogP contribution in [0.3, 0.4) is 0 Å². The van der Waals surface area contributed by atoms with Gasteiger partial charge in [0, 0.05) is 38.2 Å². The van der Waals surface area contributed by atoms with Gasteiger partial charge in [0.2, 0.25) is 0 Å². The average molecular weight is 770 g/mol. The minimum atomic E-state index is -0.468. The SMILES string of the molecule is c1ccc(-c2ccc(-c3ccc(-c4cccc5oc6cccc(C7N=C(c8ccc9ccccc9c8)N=C(c8ccc9c(c8)oc8ccccc89)N7)c6c45)cc3)cc2)cc1. The molecule has 3 heterocycles. The molecule has 282 valence electrons. The lowest BCUT2D eigenvalue weighted by molar-refractivity contribution is 0.661. The summed E-state index contributed by atoms with van der Waals surface area (Å²) in [6.07, 6.45) is -0.468. The second-order valence-corrected chi connectivity index (χ2v) is 15.4. The molecule has 5 heteroatoms. The summed E-state index contributed by atoms with van der Waals surface area (Å²) in [7, 11) is 0. The van der Waals surface area contributed by atoms with Gasteiger partial charge in [0.15, 0.2) is 5.84 Å². The maximum Gasteiger partial charge on any atom is 0.159 e. The predicted octanol–water partition coefficient (Wildman–Crippen LogP) is 14.1. The lowest BCUT2D eigenvalue weighted by atomic mass is 9.94. The normalized spacial score (nSPS) is 14.2. The summed E-state index contributed by atoms with van der Waals surface area (Å²) in [6.45, 7) is 0. The molecule has 0 saturated carbocycles. The highest BCUT2D eigenvalue weighted by Gasteiger charge is 2.26. The number of nitrogens with one attached hydrogen (secondary N) is 1. The Morgan fingerprint density at radius 1 is 0.383 bits per heavy atom. The standard InChI is InChI=1S/C55H35N3O2/c1-2-10-34(11-3-1)36-20-22-37(23-21-36)38-24-27-39(28-25-38)43-15-8-18-48-51(43)52-46(16-9-19-49(52)60-48)55-57-53(41-29-26-35-12-4-5-13-40(35)32-41)56-54(58-55)42-30-31-45-44-14-6-7-17-47(44)59-50(45)33-42/h1-33,55H,(H,56,57,58). The van der Waals surface area contributed by atoms with E-state index in [1.165, 1.54) is 22.1 Å². The highest BCUT2D eigenvalue weighted by Crippen LogP contribution is 2.41. The van der Waals surface area contributed by atoms with Crippen LogP contribution in [0, 0.1) is 0 Å². The zero-order valence-corrected chi connectivity index (χ0v) is 32.3. The van der Waals surface area contributed by atoms with Crippen LogP contribution < -0.4 is 5.32 Å². The van der Waals surface area contributed by atoms with Gasteiger partial charge in [0.1, 0.15) is 34.3 Å². The van der Waals surface area contributed by atoms with Crippen molar-refractivity contribution in [3.8, 4) is 33.4 Å². The molecule has 1 aliphatic heterocycles. The molecule has 0 saturated heterocycles. The van der Waals surface area contributed by atoms with Crippen molar-refractivity contribution in [1.29, 1.82) is 0 Å². The van der Waals surface area contributed by atoms with Crippen LogP contribution in [0.5, 0.6) is 0 Å². The molecule has 1 aliphatic rings. The summed E-state index contributed by atoms with van der Waals surface area (Å²) in [4.78, 5) is 10.6. The van der Waals surface area contributed by atoms with Crippen molar-refractivity contribution in [2.24, 2.45) is 9.98 Å². The Bertz CT molecular complexity index is 3500. The van der Waals surface area contributed by atoms with Gasteiger partial charge in [-0.3, -0.25) is 0 Å². The van der Waals surface area contributed by atoms with Crippen molar-refractivity contribution in [3.63, 3.8) is 0 Å². The molecule has 11 aromatic rings. The Kier molecular flexibility index (Phi) is 7.85. The van der Waals surface area contributed by atoms with Crippen molar-refractivity contribution >= 4 is 66.3 Å². The van der Waals surface area contributed by atoms with Crippen molar-refractivity contribution < 1.29 is 8.83 Å². The fraction of sp³-hybridized carbons (Fsp3) is 0.0182. The summed E-state index contributed by atoms with van der Waals surface area (Å²) < 4.78 is 13.0. The first-order valence-corrected chi connectivity index (χ1v) is 20.2. The van der Waals surface area contributed by atoms with Crippen LogP contribution >= 0.6 is 0 Å². The molecule has 0 radical (unpaired) electrons. The van der Waals surface area contributed by atoms with Crippen LogP contribution in [0.2, 0.25) is 0 Å². The van der Waals surface area contributed by atoms with E-state index in [1.807, 2.05) is 30.3 Å². The number of para-hydroxylation sites is 1. The van der Waals surface area contributed by atoms with Crippen LogP contribution in [0.4, 0.5) is 0 Å².